The van der Waals surface area contributed by atoms with Crippen molar-refractivity contribution in [2.75, 3.05) is 0 Å². The highest BCUT2D eigenvalue weighted by Gasteiger charge is 2.42. The zero-order chi connectivity index (χ0) is 16.4. The van der Waals surface area contributed by atoms with Crippen LogP contribution in [0.3, 0.4) is 0 Å². The number of rotatable bonds is 4. The second-order valence-electron chi connectivity index (χ2n) is 5.71. The van der Waals surface area contributed by atoms with Crippen LogP contribution in [0.4, 0.5) is 4.39 Å². The van der Waals surface area contributed by atoms with E-state index in [9.17, 15) is 9.18 Å². The highest BCUT2D eigenvalue weighted by atomic mass is 19.1. The van der Waals surface area contributed by atoms with Crippen LogP contribution in [0.5, 0.6) is 0 Å². The SMILES string of the molecule is Cc1ccc(CNC(=O)[C@@]2(C)CC(c3ccccc3F)=NO2)o1. The van der Waals surface area contributed by atoms with Crippen molar-refractivity contribution < 1.29 is 18.4 Å². The summed E-state index contributed by atoms with van der Waals surface area (Å²) in [5, 5.41) is 6.65. The second-order valence-corrected chi connectivity index (χ2v) is 5.71. The fourth-order valence-corrected chi connectivity index (χ4v) is 2.44. The van der Waals surface area contributed by atoms with E-state index in [1.54, 1.807) is 31.2 Å². The lowest BCUT2D eigenvalue weighted by Crippen LogP contribution is -2.44. The van der Waals surface area contributed by atoms with Gasteiger partial charge in [0, 0.05) is 12.0 Å². The van der Waals surface area contributed by atoms with Crippen molar-refractivity contribution >= 4 is 11.6 Å². The molecule has 0 fully saturated rings. The minimum Gasteiger partial charge on any atom is -0.465 e. The zero-order valence-electron chi connectivity index (χ0n) is 12.9. The predicted molar refractivity (Wildman–Crippen MR) is 82.3 cm³/mol. The molecule has 0 radical (unpaired) electrons. The fraction of sp³-hybridized carbons (Fsp3) is 0.294. The first-order chi connectivity index (χ1) is 11.0. The molecule has 5 nitrogen and oxygen atoms in total. The molecule has 120 valence electrons. The molecule has 1 aliphatic heterocycles. The van der Waals surface area contributed by atoms with Gasteiger partial charge < -0.3 is 14.6 Å². The van der Waals surface area contributed by atoms with Gasteiger partial charge in [-0.15, -0.1) is 0 Å². The van der Waals surface area contributed by atoms with E-state index in [4.69, 9.17) is 9.25 Å². The van der Waals surface area contributed by atoms with Crippen LogP contribution in [0, 0.1) is 12.7 Å². The van der Waals surface area contributed by atoms with Crippen molar-refractivity contribution in [3.63, 3.8) is 0 Å². The third-order valence-electron chi connectivity index (χ3n) is 3.75. The first-order valence-electron chi connectivity index (χ1n) is 7.31. The minimum atomic E-state index is -1.15. The number of carbonyl (C=O) groups is 1. The predicted octanol–water partition coefficient (Wildman–Crippen LogP) is 2.93. The Labute approximate surface area is 133 Å². The number of hydrogen-bond acceptors (Lipinski definition) is 4. The number of halogens is 1. The molecule has 0 saturated heterocycles. The maximum Gasteiger partial charge on any atom is 0.267 e. The van der Waals surface area contributed by atoms with E-state index in [0.717, 1.165) is 5.76 Å². The van der Waals surface area contributed by atoms with Gasteiger partial charge in [-0.2, -0.15) is 0 Å². The first kappa shape index (κ1) is 15.3. The first-order valence-corrected chi connectivity index (χ1v) is 7.31. The number of hydrogen-bond donors (Lipinski definition) is 1. The molecule has 23 heavy (non-hydrogen) atoms. The van der Waals surface area contributed by atoms with Gasteiger partial charge in [0.2, 0.25) is 5.60 Å². The van der Waals surface area contributed by atoms with Gasteiger partial charge in [-0.3, -0.25) is 4.79 Å². The summed E-state index contributed by atoms with van der Waals surface area (Å²) in [5.41, 5.74) is -0.375. The van der Waals surface area contributed by atoms with Crippen LogP contribution in [-0.4, -0.2) is 17.2 Å². The number of oxime groups is 1. The molecule has 1 N–H and O–H groups in total. The average Bonchev–Trinajstić information content (AvgIpc) is 3.12. The summed E-state index contributed by atoms with van der Waals surface area (Å²) in [6.07, 6.45) is 0.205. The second kappa shape index (κ2) is 5.87. The van der Waals surface area contributed by atoms with Gasteiger partial charge >= 0.3 is 0 Å². The number of carbonyl (C=O) groups excluding carboxylic acids is 1. The molecule has 2 aromatic rings. The Kier molecular flexibility index (Phi) is 3.90. The van der Waals surface area contributed by atoms with E-state index in [0.29, 0.717) is 17.0 Å². The summed E-state index contributed by atoms with van der Waals surface area (Å²) in [7, 11) is 0. The molecule has 1 amide bonds. The molecule has 1 aliphatic rings. The van der Waals surface area contributed by atoms with Crippen molar-refractivity contribution in [2.24, 2.45) is 5.16 Å². The summed E-state index contributed by atoms with van der Waals surface area (Å²) in [6.45, 7) is 3.73. The van der Waals surface area contributed by atoms with Crippen LogP contribution in [0.1, 0.15) is 30.4 Å². The van der Waals surface area contributed by atoms with Gasteiger partial charge in [0.25, 0.3) is 5.91 Å². The van der Waals surface area contributed by atoms with Gasteiger partial charge in [-0.1, -0.05) is 23.4 Å². The Morgan fingerprint density at radius 2 is 2.13 bits per heavy atom. The van der Waals surface area contributed by atoms with Crippen LogP contribution in [0.2, 0.25) is 0 Å². The van der Waals surface area contributed by atoms with Crippen molar-refractivity contribution in [1.82, 2.24) is 5.32 Å². The average molecular weight is 316 g/mol. The third kappa shape index (κ3) is 3.11. The Hall–Kier alpha value is -2.63. The Balaban J connectivity index is 1.65. The molecule has 0 unspecified atom stereocenters. The molecule has 6 heteroatoms. The molecule has 1 atom stereocenters. The van der Waals surface area contributed by atoms with E-state index in [1.807, 2.05) is 13.0 Å². The van der Waals surface area contributed by atoms with Crippen LogP contribution < -0.4 is 5.32 Å². The minimum absolute atomic E-state index is 0.205. The molecule has 0 spiro atoms. The standard InChI is InChI=1S/C17H17FN2O3/c1-11-7-8-12(22-11)10-19-16(21)17(2)9-15(20-23-17)13-5-3-4-6-14(13)18/h3-8H,9-10H2,1-2H3,(H,19,21)/t17-/m1/s1. The molecule has 0 saturated carbocycles. The third-order valence-corrected chi connectivity index (χ3v) is 3.75. The molecule has 1 aromatic heterocycles. The summed E-state index contributed by atoms with van der Waals surface area (Å²) in [4.78, 5) is 17.7. The summed E-state index contributed by atoms with van der Waals surface area (Å²) in [5.74, 6) is 0.739. The molecular formula is C17H17FN2O3. The number of benzene rings is 1. The number of furan rings is 1. The van der Waals surface area contributed by atoms with E-state index < -0.39 is 5.60 Å². The Morgan fingerprint density at radius 1 is 1.35 bits per heavy atom. The smallest absolute Gasteiger partial charge is 0.267 e. The number of nitrogens with one attached hydrogen (secondary N) is 1. The lowest BCUT2D eigenvalue weighted by Gasteiger charge is -2.20. The molecular weight excluding hydrogens is 299 g/mol. The number of aryl methyl sites for hydroxylation is 1. The molecule has 0 bridgehead atoms. The van der Waals surface area contributed by atoms with E-state index in [1.165, 1.54) is 6.07 Å². The molecule has 2 heterocycles. The van der Waals surface area contributed by atoms with Crippen LogP contribution in [0.15, 0.2) is 46.0 Å². The van der Waals surface area contributed by atoms with Crippen LogP contribution in [0.25, 0.3) is 0 Å². The Bertz CT molecular complexity index is 769. The van der Waals surface area contributed by atoms with Gasteiger partial charge in [-0.05, 0) is 32.0 Å². The maximum atomic E-state index is 13.8. The summed E-state index contributed by atoms with van der Waals surface area (Å²) in [6, 6.07) is 9.92. The van der Waals surface area contributed by atoms with Gasteiger partial charge in [0.15, 0.2) is 0 Å². The lowest BCUT2D eigenvalue weighted by molar-refractivity contribution is -0.142. The summed E-state index contributed by atoms with van der Waals surface area (Å²) < 4.78 is 19.2. The zero-order valence-corrected chi connectivity index (χ0v) is 12.9. The van der Waals surface area contributed by atoms with Gasteiger partial charge in [0.1, 0.15) is 17.3 Å². The quantitative estimate of drug-likeness (QED) is 0.943. The largest absolute Gasteiger partial charge is 0.465 e. The molecule has 3 rings (SSSR count). The van der Waals surface area contributed by atoms with Gasteiger partial charge in [-0.25, -0.2) is 4.39 Å². The van der Waals surface area contributed by atoms with Gasteiger partial charge in [0.05, 0.1) is 12.3 Å². The molecule has 0 aliphatic carbocycles. The topological polar surface area (TPSA) is 63.8 Å². The monoisotopic (exact) mass is 316 g/mol. The van der Waals surface area contributed by atoms with Crippen molar-refractivity contribution in [1.29, 1.82) is 0 Å². The van der Waals surface area contributed by atoms with E-state index in [2.05, 4.69) is 10.5 Å². The summed E-state index contributed by atoms with van der Waals surface area (Å²) >= 11 is 0. The van der Waals surface area contributed by atoms with Crippen LogP contribution >= 0.6 is 0 Å². The highest BCUT2D eigenvalue weighted by Crippen LogP contribution is 2.27. The van der Waals surface area contributed by atoms with E-state index in [-0.39, 0.29) is 24.7 Å². The molecule has 1 aromatic carbocycles. The lowest BCUT2D eigenvalue weighted by atomic mass is 9.95. The van der Waals surface area contributed by atoms with E-state index >= 15 is 0 Å². The Morgan fingerprint density at radius 3 is 2.83 bits per heavy atom. The fourth-order valence-electron chi connectivity index (χ4n) is 2.44. The number of amides is 1. The van der Waals surface area contributed by atoms with Crippen molar-refractivity contribution in [2.45, 2.75) is 32.4 Å². The number of nitrogens with zero attached hydrogens (tertiary/aromatic N) is 1. The highest BCUT2D eigenvalue weighted by molar-refractivity contribution is 6.05. The van der Waals surface area contributed by atoms with Crippen molar-refractivity contribution in [3.05, 3.63) is 59.3 Å². The maximum absolute atomic E-state index is 13.8. The van der Waals surface area contributed by atoms with Crippen molar-refractivity contribution in [3.8, 4) is 0 Å². The van der Waals surface area contributed by atoms with Crippen LogP contribution in [-0.2, 0) is 16.2 Å². The normalized spacial score (nSPS) is 20.0.